The second-order valence-corrected chi connectivity index (χ2v) is 4.71. The van der Waals surface area contributed by atoms with Crippen LogP contribution >= 0.6 is 23.2 Å². The standard InChI is InChI=1S/C9H8Cl2O4S/c1-6-2-4-7(5-3-6)8(10)9(11)15-16(12,13)14/h2-5H,1H3,(H,12,13,14). The Hall–Kier alpha value is -0.750. The van der Waals surface area contributed by atoms with E-state index in [1.165, 1.54) is 0 Å². The van der Waals surface area contributed by atoms with Crippen LogP contribution in [0.25, 0.3) is 5.03 Å². The van der Waals surface area contributed by atoms with Crippen LogP contribution in [-0.4, -0.2) is 13.0 Å². The lowest BCUT2D eigenvalue weighted by Gasteiger charge is -2.03. The number of benzene rings is 1. The number of halogens is 2. The number of rotatable bonds is 3. The largest absolute Gasteiger partial charge is 0.447 e. The summed E-state index contributed by atoms with van der Waals surface area (Å²) in [5.74, 6) is 0. The van der Waals surface area contributed by atoms with Gasteiger partial charge in [-0.15, -0.1) is 0 Å². The van der Waals surface area contributed by atoms with Crippen molar-refractivity contribution in [3.63, 3.8) is 0 Å². The molecule has 1 aromatic rings. The summed E-state index contributed by atoms with van der Waals surface area (Å²) < 4.78 is 33.2. The molecule has 0 aromatic heterocycles. The summed E-state index contributed by atoms with van der Waals surface area (Å²) in [6.07, 6.45) is 0. The normalized spacial score (nSPS) is 13.2. The summed E-state index contributed by atoms with van der Waals surface area (Å²) in [6.45, 7) is 1.89. The molecule has 0 saturated heterocycles. The minimum Gasteiger partial charge on any atom is -0.347 e. The average Bonchev–Trinajstić information content (AvgIpc) is 2.15. The maximum Gasteiger partial charge on any atom is 0.447 e. The van der Waals surface area contributed by atoms with Gasteiger partial charge in [-0.1, -0.05) is 41.4 Å². The second kappa shape index (κ2) is 5.05. The minimum absolute atomic E-state index is 0.0979. The Kier molecular flexibility index (Phi) is 4.21. The van der Waals surface area contributed by atoms with Gasteiger partial charge in [0, 0.05) is 0 Å². The van der Waals surface area contributed by atoms with E-state index in [0.717, 1.165) is 5.56 Å². The van der Waals surface area contributed by atoms with Crippen LogP contribution in [0.1, 0.15) is 11.1 Å². The van der Waals surface area contributed by atoms with Crippen molar-refractivity contribution in [1.29, 1.82) is 0 Å². The molecule has 0 atom stereocenters. The Morgan fingerprint density at radius 1 is 1.25 bits per heavy atom. The number of hydrogen-bond donors (Lipinski definition) is 1. The van der Waals surface area contributed by atoms with Crippen LogP contribution in [0.2, 0.25) is 0 Å². The van der Waals surface area contributed by atoms with Crippen molar-refractivity contribution in [3.8, 4) is 0 Å². The Morgan fingerprint density at radius 2 is 1.75 bits per heavy atom. The van der Waals surface area contributed by atoms with E-state index < -0.39 is 15.6 Å². The Bertz CT molecular complexity index is 505. The molecular weight excluding hydrogens is 275 g/mol. The fourth-order valence-electron chi connectivity index (χ4n) is 0.942. The molecule has 0 aliphatic carbocycles. The van der Waals surface area contributed by atoms with E-state index in [4.69, 9.17) is 27.8 Å². The van der Waals surface area contributed by atoms with Gasteiger partial charge in [0.25, 0.3) is 0 Å². The van der Waals surface area contributed by atoms with Gasteiger partial charge < -0.3 is 4.18 Å². The first-order valence-electron chi connectivity index (χ1n) is 4.09. The molecular formula is C9H8Cl2O4S. The highest BCUT2D eigenvalue weighted by atomic mass is 35.5. The summed E-state index contributed by atoms with van der Waals surface area (Å²) in [5.41, 5.74) is 1.50. The maximum atomic E-state index is 10.4. The van der Waals surface area contributed by atoms with Gasteiger partial charge in [-0.3, -0.25) is 4.55 Å². The molecule has 16 heavy (non-hydrogen) atoms. The molecule has 0 fully saturated rings. The van der Waals surface area contributed by atoms with Crippen LogP contribution in [0.5, 0.6) is 0 Å². The van der Waals surface area contributed by atoms with Crippen LogP contribution in [0, 0.1) is 6.92 Å². The van der Waals surface area contributed by atoms with Gasteiger partial charge in [-0.05, 0) is 24.1 Å². The third kappa shape index (κ3) is 4.02. The third-order valence-electron chi connectivity index (χ3n) is 1.66. The van der Waals surface area contributed by atoms with Crippen molar-refractivity contribution in [3.05, 3.63) is 40.6 Å². The lowest BCUT2D eigenvalue weighted by Crippen LogP contribution is -2.01. The van der Waals surface area contributed by atoms with Crippen LogP contribution in [0.4, 0.5) is 0 Å². The number of aryl methyl sites for hydroxylation is 1. The van der Waals surface area contributed by atoms with Crippen LogP contribution in [0.15, 0.2) is 29.5 Å². The molecule has 0 amide bonds. The van der Waals surface area contributed by atoms with Gasteiger partial charge in [-0.25, -0.2) is 0 Å². The molecule has 1 rings (SSSR count). The van der Waals surface area contributed by atoms with Crippen LogP contribution in [0.3, 0.4) is 0 Å². The fourth-order valence-corrected chi connectivity index (χ4v) is 1.77. The first kappa shape index (κ1) is 13.3. The van der Waals surface area contributed by atoms with Gasteiger partial charge >= 0.3 is 10.4 Å². The van der Waals surface area contributed by atoms with E-state index in [1.54, 1.807) is 24.3 Å². The predicted octanol–water partition coefficient (Wildman–Crippen LogP) is 2.92. The van der Waals surface area contributed by atoms with Crippen molar-refractivity contribution in [1.82, 2.24) is 0 Å². The van der Waals surface area contributed by atoms with E-state index >= 15 is 0 Å². The lowest BCUT2D eigenvalue weighted by molar-refractivity contribution is 0.350. The quantitative estimate of drug-likeness (QED) is 0.684. The van der Waals surface area contributed by atoms with Crippen LogP contribution < -0.4 is 0 Å². The molecule has 0 aliphatic rings. The zero-order valence-corrected chi connectivity index (χ0v) is 10.5. The summed E-state index contributed by atoms with van der Waals surface area (Å²) in [4.78, 5) is 0. The van der Waals surface area contributed by atoms with Gasteiger partial charge in [0.1, 0.15) is 5.03 Å². The van der Waals surface area contributed by atoms with Gasteiger partial charge in [0.05, 0.1) is 0 Å². The first-order chi connectivity index (χ1) is 7.29. The molecule has 1 aromatic carbocycles. The third-order valence-corrected chi connectivity index (χ3v) is 2.88. The van der Waals surface area contributed by atoms with Crippen LogP contribution in [-0.2, 0) is 14.6 Å². The van der Waals surface area contributed by atoms with E-state index in [1.807, 2.05) is 6.92 Å². The Labute approximate surface area is 103 Å². The molecule has 0 saturated carbocycles. The van der Waals surface area contributed by atoms with Crippen molar-refractivity contribution in [2.45, 2.75) is 6.92 Å². The summed E-state index contributed by atoms with van der Waals surface area (Å²) in [5, 5.41) is -0.702. The molecule has 0 bridgehead atoms. The molecule has 0 unspecified atom stereocenters. The topological polar surface area (TPSA) is 63.6 Å². The molecule has 0 aliphatic heterocycles. The molecule has 7 heteroatoms. The van der Waals surface area contributed by atoms with E-state index in [-0.39, 0.29) is 5.03 Å². The van der Waals surface area contributed by atoms with Crippen molar-refractivity contribution in [2.75, 3.05) is 0 Å². The molecule has 88 valence electrons. The zero-order chi connectivity index (χ0) is 12.3. The van der Waals surface area contributed by atoms with Crippen molar-refractivity contribution in [2.24, 2.45) is 0 Å². The van der Waals surface area contributed by atoms with Crippen molar-refractivity contribution < 1.29 is 17.2 Å². The van der Waals surface area contributed by atoms with E-state index in [0.29, 0.717) is 5.56 Å². The highest BCUT2D eigenvalue weighted by molar-refractivity contribution is 7.81. The van der Waals surface area contributed by atoms with Gasteiger partial charge in [0.15, 0.2) is 0 Å². The lowest BCUT2D eigenvalue weighted by atomic mass is 10.1. The van der Waals surface area contributed by atoms with Crippen molar-refractivity contribution >= 4 is 38.6 Å². The number of hydrogen-bond acceptors (Lipinski definition) is 3. The zero-order valence-electron chi connectivity index (χ0n) is 8.15. The summed E-state index contributed by atoms with van der Waals surface area (Å²) in [6, 6.07) is 6.84. The van der Waals surface area contributed by atoms with Gasteiger partial charge in [-0.2, -0.15) is 8.42 Å². The van der Waals surface area contributed by atoms with E-state index in [9.17, 15) is 8.42 Å². The van der Waals surface area contributed by atoms with Gasteiger partial charge in [0.2, 0.25) is 5.22 Å². The Balaban J connectivity index is 3.04. The molecule has 0 spiro atoms. The molecule has 0 heterocycles. The highest BCUT2D eigenvalue weighted by Gasteiger charge is 2.13. The first-order valence-corrected chi connectivity index (χ1v) is 6.21. The predicted molar refractivity (Wildman–Crippen MR) is 62.4 cm³/mol. The monoisotopic (exact) mass is 282 g/mol. The average molecular weight is 283 g/mol. The molecule has 0 radical (unpaired) electrons. The second-order valence-electron chi connectivity index (χ2n) is 2.96. The highest BCUT2D eigenvalue weighted by Crippen LogP contribution is 2.27. The molecule has 4 nitrogen and oxygen atoms in total. The maximum absolute atomic E-state index is 10.4. The fraction of sp³-hybridized carbons (Fsp3) is 0.111. The Morgan fingerprint density at radius 3 is 2.19 bits per heavy atom. The smallest absolute Gasteiger partial charge is 0.347 e. The summed E-state index contributed by atoms with van der Waals surface area (Å²) >= 11 is 11.2. The minimum atomic E-state index is -4.66. The SMILES string of the molecule is Cc1ccc(C(Cl)=C(Cl)OS(=O)(=O)O)cc1. The van der Waals surface area contributed by atoms with E-state index in [2.05, 4.69) is 4.18 Å². The summed E-state index contributed by atoms with van der Waals surface area (Å²) in [7, 11) is -4.66. The molecule has 1 N–H and O–H groups in total.